The molecular weight excluding hydrogens is 348 g/mol. The first-order valence-corrected chi connectivity index (χ1v) is 9.21. The van der Waals surface area contributed by atoms with Crippen LogP contribution in [-0.2, 0) is 7.05 Å². The summed E-state index contributed by atoms with van der Waals surface area (Å²) in [5.41, 5.74) is 2.09. The highest BCUT2D eigenvalue weighted by molar-refractivity contribution is 7.98. The van der Waals surface area contributed by atoms with Crippen molar-refractivity contribution in [2.45, 2.75) is 17.7 Å². The normalized spacial score (nSPS) is 15.4. The summed E-state index contributed by atoms with van der Waals surface area (Å²) in [5, 5.41) is 12.2. The van der Waals surface area contributed by atoms with Gasteiger partial charge in [0.1, 0.15) is 17.3 Å². The Morgan fingerprint density at radius 2 is 2.04 bits per heavy atom. The van der Waals surface area contributed by atoms with Crippen LogP contribution in [0.4, 0.5) is 5.69 Å². The van der Waals surface area contributed by atoms with Crippen molar-refractivity contribution in [1.29, 1.82) is 0 Å². The molecule has 2 aliphatic rings. The molecule has 5 rings (SSSR count). The first-order valence-electron chi connectivity index (χ1n) is 8.44. The predicted octanol–water partition coefficient (Wildman–Crippen LogP) is 3.69. The average Bonchev–Trinajstić information content (AvgIpc) is 3.30. The van der Waals surface area contributed by atoms with Gasteiger partial charge in [-0.15, -0.1) is 10.2 Å². The second-order valence-corrected chi connectivity index (χ2v) is 7.02. The lowest BCUT2D eigenvalue weighted by atomic mass is 10.2. The lowest BCUT2D eigenvalue weighted by molar-refractivity contribution is 0.481. The molecule has 0 amide bonds. The van der Waals surface area contributed by atoms with E-state index in [0.717, 1.165) is 34.9 Å². The molecule has 1 saturated heterocycles. The molecule has 0 radical (unpaired) electrons. The summed E-state index contributed by atoms with van der Waals surface area (Å²) in [4.78, 5) is 4.87. The number of ether oxygens (including phenoxy) is 1. The van der Waals surface area contributed by atoms with Crippen molar-refractivity contribution in [1.82, 2.24) is 20.2 Å². The number of aromatic nitrogens is 4. The average molecular weight is 364 g/mol. The Balaban J connectivity index is 1.41. The van der Waals surface area contributed by atoms with Gasteiger partial charge in [0.15, 0.2) is 0 Å². The number of fused-ring (bicyclic) bond motifs is 3. The van der Waals surface area contributed by atoms with Crippen LogP contribution in [0.5, 0.6) is 11.5 Å². The van der Waals surface area contributed by atoms with Gasteiger partial charge in [-0.25, -0.2) is 0 Å². The van der Waals surface area contributed by atoms with Crippen LogP contribution in [0.15, 0.2) is 51.8 Å². The second-order valence-electron chi connectivity index (χ2n) is 6.22. The molecule has 0 aliphatic carbocycles. The molecule has 2 aromatic carbocycles. The summed E-state index contributed by atoms with van der Waals surface area (Å²) in [6, 6.07) is 13.9. The summed E-state index contributed by atoms with van der Waals surface area (Å²) >= 11 is 1.53. The molecule has 0 N–H and O–H groups in total. The SMILES string of the molecule is Cn1nnc(-c2cccc(Oc3ccc4c(c3)SN=C3CCCN34)c2)n1. The first-order chi connectivity index (χ1) is 12.8. The van der Waals surface area contributed by atoms with E-state index in [2.05, 4.69) is 30.8 Å². The van der Waals surface area contributed by atoms with E-state index in [9.17, 15) is 0 Å². The van der Waals surface area contributed by atoms with Gasteiger partial charge in [-0.1, -0.05) is 12.1 Å². The lowest BCUT2D eigenvalue weighted by Gasteiger charge is -2.25. The van der Waals surface area contributed by atoms with E-state index in [-0.39, 0.29) is 0 Å². The molecule has 1 aromatic heterocycles. The predicted molar refractivity (Wildman–Crippen MR) is 101 cm³/mol. The van der Waals surface area contributed by atoms with Crippen molar-refractivity contribution < 1.29 is 4.74 Å². The quantitative estimate of drug-likeness (QED) is 0.660. The van der Waals surface area contributed by atoms with Gasteiger partial charge in [0, 0.05) is 30.5 Å². The fourth-order valence-electron chi connectivity index (χ4n) is 3.20. The molecule has 7 nitrogen and oxygen atoms in total. The number of aryl methyl sites for hydroxylation is 1. The molecule has 26 heavy (non-hydrogen) atoms. The first kappa shape index (κ1) is 15.4. The monoisotopic (exact) mass is 364 g/mol. The molecule has 2 aliphatic heterocycles. The van der Waals surface area contributed by atoms with Crippen molar-refractivity contribution in [3.63, 3.8) is 0 Å². The van der Waals surface area contributed by atoms with Gasteiger partial charge in [-0.3, -0.25) is 0 Å². The van der Waals surface area contributed by atoms with Crippen LogP contribution < -0.4 is 9.64 Å². The number of anilines is 1. The largest absolute Gasteiger partial charge is 0.457 e. The van der Waals surface area contributed by atoms with E-state index >= 15 is 0 Å². The maximum atomic E-state index is 6.06. The van der Waals surface area contributed by atoms with Crippen LogP contribution in [-0.4, -0.2) is 32.6 Å². The molecule has 3 heterocycles. The van der Waals surface area contributed by atoms with Gasteiger partial charge in [0.05, 0.1) is 17.6 Å². The van der Waals surface area contributed by atoms with Gasteiger partial charge in [0.25, 0.3) is 0 Å². The van der Waals surface area contributed by atoms with Crippen LogP contribution in [0.3, 0.4) is 0 Å². The minimum atomic E-state index is 0.579. The Morgan fingerprint density at radius 3 is 2.92 bits per heavy atom. The molecule has 0 spiro atoms. The Morgan fingerprint density at radius 1 is 1.12 bits per heavy atom. The summed E-state index contributed by atoms with van der Waals surface area (Å²) in [6.07, 6.45) is 2.23. The highest BCUT2D eigenvalue weighted by Crippen LogP contribution is 2.41. The zero-order valence-corrected chi connectivity index (χ0v) is 15.0. The van der Waals surface area contributed by atoms with E-state index in [1.807, 2.05) is 36.4 Å². The zero-order valence-electron chi connectivity index (χ0n) is 14.2. The molecule has 130 valence electrons. The maximum absolute atomic E-state index is 6.06. The Labute approximate surface area is 154 Å². The number of benzene rings is 2. The fourth-order valence-corrected chi connectivity index (χ4v) is 4.04. The number of nitrogens with zero attached hydrogens (tertiary/aromatic N) is 6. The van der Waals surface area contributed by atoms with Crippen LogP contribution in [0.1, 0.15) is 12.8 Å². The molecule has 3 aromatic rings. The Kier molecular flexibility index (Phi) is 3.63. The molecular formula is C18H16N6OS. The van der Waals surface area contributed by atoms with Crippen LogP contribution >= 0.6 is 11.9 Å². The molecule has 8 heteroatoms. The highest BCUT2D eigenvalue weighted by atomic mass is 32.2. The van der Waals surface area contributed by atoms with Gasteiger partial charge >= 0.3 is 0 Å². The highest BCUT2D eigenvalue weighted by Gasteiger charge is 2.26. The third-order valence-electron chi connectivity index (χ3n) is 4.40. The maximum Gasteiger partial charge on any atom is 0.205 e. The minimum Gasteiger partial charge on any atom is -0.457 e. The molecule has 0 bridgehead atoms. The van der Waals surface area contributed by atoms with Gasteiger partial charge < -0.3 is 9.64 Å². The van der Waals surface area contributed by atoms with Crippen molar-refractivity contribution in [2.75, 3.05) is 11.4 Å². The standard InChI is InChI=1S/C18H16N6OS/c1-23-20-18(19-22-23)12-4-2-5-13(10-12)25-14-7-8-15-16(11-14)26-21-17-6-3-9-24(15)17/h2,4-5,7-8,10-11H,3,6,9H2,1H3. The van der Waals surface area contributed by atoms with Crippen molar-refractivity contribution in [2.24, 2.45) is 11.4 Å². The summed E-state index contributed by atoms with van der Waals surface area (Å²) < 4.78 is 10.7. The zero-order chi connectivity index (χ0) is 17.5. The fraction of sp³-hybridized carbons (Fsp3) is 0.222. The number of amidine groups is 1. The Hall–Kier alpha value is -2.87. The minimum absolute atomic E-state index is 0.579. The van der Waals surface area contributed by atoms with E-state index < -0.39 is 0 Å². The molecule has 0 saturated carbocycles. The van der Waals surface area contributed by atoms with E-state index in [0.29, 0.717) is 5.82 Å². The van der Waals surface area contributed by atoms with Gasteiger partial charge in [-0.05, 0) is 42.0 Å². The second kappa shape index (κ2) is 6.14. The molecule has 1 fully saturated rings. The van der Waals surface area contributed by atoms with Crippen LogP contribution in [0, 0.1) is 0 Å². The number of tetrazole rings is 1. The van der Waals surface area contributed by atoms with Gasteiger partial charge in [-0.2, -0.15) is 9.19 Å². The van der Waals surface area contributed by atoms with E-state index in [1.54, 1.807) is 7.05 Å². The summed E-state index contributed by atoms with van der Waals surface area (Å²) in [5.74, 6) is 3.29. The van der Waals surface area contributed by atoms with Crippen molar-refractivity contribution >= 4 is 23.5 Å². The smallest absolute Gasteiger partial charge is 0.205 e. The molecule has 0 unspecified atom stereocenters. The van der Waals surface area contributed by atoms with E-state index in [4.69, 9.17) is 4.74 Å². The molecule has 0 atom stereocenters. The number of hydrogen-bond donors (Lipinski definition) is 0. The van der Waals surface area contributed by atoms with E-state index in [1.165, 1.54) is 34.7 Å². The third kappa shape index (κ3) is 2.72. The topological polar surface area (TPSA) is 68.4 Å². The van der Waals surface area contributed by atoms with Crippen LogP contribution in [0.2, 0.25) is 0 Å². The lowest BCUT2D eigenvalue weighted by Crippen LogP contribution is -2.26. The third-order valence-corrected chi connectivity index (χ3v) is 5.23. The summed E-state index contributed by atoms with van der Waals surface area (Å²) in [7, 11) is 1.75. The van der Waals surface area contributed by atoms with Crippen molar-refractivity contribution in [3.05, 3.63) is 42.5 Å². The Bertz CT molecular complexity index is 1010. The van der Waals surface area contributed by atoms with Crippen molar-refractivity contribution in [3.8, 4) is 22.9 Å². The number of hydrogen-bond acceptors (Lipinski definition) is 7. The van der Waals surface area contributed by atoms with Gasteiger partial charge in [0.2, 0.25) is 5.82 Å². The van der Waals surface area contributed by atoms with Crippen LogP contribution in [0.25, 0.3) is 11.4 Å². The number of rotatable bonds is 3. The summed E-state index contributed by atoms with van der Waals surface area (Å²) in [6.45, 7) is 1.04.